The lowest BCUT2D eigenvalue weighted by atomic mass is 10.1. The van der Waals surface area contributed by atoms with Gasteiger partial charge in [-0.05, 0) is 78.6 Å². The van der Waals surface area contributed by atoms with Gasteiger partial charge < -0.3 is 15.1 Å². The summed E-state index contributed by atoms with van der Waals surface area (Å²) in [5.41, 5.74) is 3.35. The van der Waals surface area contributed by atoms with E-state index in [0.717, 1.165) is 24.1 Å². The number of hydrogen-bond donors (Lipinski definition) is 1. The lowest BCUT2D eigenvalue weighted by molar-refractivity contribution is -0.117. The molecule has 176 valence electrons. The Morgan fingerprint density at radius 1 is 0.912 bits per heavy atom. The van der Waals surface area contributed by atoms with Crippen molar-refractivity contribution in [3.05, 3.63) is 95.1 Å². The zero-order valence-electron chi connectivity index (χ0n) is 19.2. The largest absolute Gasteiger partial charge is 0.377 e. The molecule has 3 aromatic rings. The molecule has 0 spiro atoms. The van der Waals surface area contributed by atoms with Gasteiger partial charge in [-0.25, -0.2) is 8.78 Å². The van der Waals surface area contributed by atoms with E-state index in [1.165, 1.54) is 36.4 Å². The van der Waals surface area contributed by atoms with Gasteiger partial charge in [-0.3, -0.25) is 9.59 Å². The summed E-state index contributed by atoms with van der Waals surface area (Å²) in [4.78, 5) is 29.2. The van der Waals surface area contributed by atoms with Crippen LogP contribution in [0, 0.1) is 17.6 Å². The molecule has 1 aliphatic carbocycles. The van der Waals surface area contributed by atoms with Crippen LogP contribution in [0.3, 0.4) is 0 Å². The number of rotatable bonds is 8. The van der Waals surface area contributed by atoms with Gasteiger partial charge in [0.2, 0.25) is 5.91 Å². The predicted octanol–water partition coefficient (Wildman–Crippen LogP) is 5.22. The molecule has 4 rings (SSSR count). The van der Waals surface area contributed by atoms with E-state index in [2.05, 4.69) is 5.32 Å². The van der Waals surface area contributed by atoms with E-state index in [-0.39, 0.29) is 36.6 Å². The van der Waals surface area contributed by atoms with Gasteiger partial charge in [0.15, 0.2) is 0 Å². The number of anilines is 2. The van der Waals surface area contributed by atoms with Gasteiger partial charge in [0.1, 0.15) is 11.6 Å². The van der Waals surface area contributed by atoms with Crippen LogP contribution in [-0.4, -0.2) is 30.8 Å². The minimum atomic E-state index is -0.428. The van der Waals surface area contributed by atoms with E-state index >= 15 is 0 Å². The monoisotopic (exact) mass is 463 g/mol. The van der Waals surface area contributed by atoms with Crippen LogP contribution in [0.4, 0.5) is 20.2 Å². The van der Waals surface area contributed by atoms with Gasteiger partial charge in [0, 0.05) is 50.0 Å². The zero-order chi connectivity index (χ0) is 24.2. The highest BCUT2D eigenvalue weighted by Crippen LogP contribution is 2.31. The molecule has 0 radical (unpaired) electrons. The third-order valence-corrected chi connectivity index (χ3v) is 5.78. The van der Waals surface area contributed by atoms with Crippen LogP contribution in [-0.2, 0) is 17.9 Å². The van der Waals surface area contributed by atoms with E-state index in [1.807, 2.05) is 37.2 Å². The van der Waals surface area contributed by atoms with Crippen molar-refractivity contribution in [1.29, 1.82) is 0 Å². The molecular weight excluding hydrogens is 436 g/mol. The van der Waals surface area contributed by atoms with Crippen LogP contribution in [0.15, 0.2) is 66.7 Å². The average molecular weight is 464 g/mol. The maximum atomic E-state index is 13.8. The third kappa shape index (κ3) is 5.78. The van der Waals surface area contributed by atoms with Crippen LogP contribution in [0.5, 0.6) is 0 Å². The zero-order valence-corrected chi connectivity index (χ0v) is 19.2. The molecule has 3 aromatic carbocycles. The van der Waals surface area contributed by atoms with Crippen molar-refractivity contribution in [2.45, 2.75) is 25.9 Å². The van der Waals surface area contributed by atoms with Crippen molar-refractivity contribution < 1.29 is 18.4 Å². The Hall–Kier alpha value is -3.74. The molecule has 1 N–H and O–H groups in total. The van der Waals surface area contributed by atoms with Gasteiger partial charge in [0.05, 0.1) is 0 Å². The molecule has 0 atom stereocenters. The molecule has 1 fully saturated rings. The number of halogens is 2. The van der Waals surface area contributed by atoms with Crippen LogP contribution in [0.2, 0.25) is 0 Å². The number of nitrogens with zero attached hydrogens (tertiary/aromatic N) is 2. The van der Waals surface area contributed by atoms with Crippen molar-refractivity contribution >= 4 is 23.2 Å². The molecule has 0 aromatic heterocycles. The van der Waals surface area contributed by atoms with E-state index in [0.29, 0.717) is 16.8 Å². The highest BCUT2D eigenvalue weighted by molar-refractivity contribution is 5.95. The standard InChI is InChI=1S/C27H27F2N3O2/c1-31(2)25-13-12-24(30-26(33)19-6-7-19)15-21(25)17-32(16-18-4-3-5-23(29)14-18)27(34)20-8-10-22(28)11-9-20/h3-5,8-15,19H,6-7,16-17H2,1-2H3,(H,30,33). The molecule has 0 unspecified atom stereocenters. The highest BCUT2D eigenvalue weighted by Gasteiger charge is 2.29. The number of amides is 2. The van der Waals surface area contributed by atoms with Gasteiger partial charge in [0.25, 0.3) is 5.91 Å². The molecule has 34 heavy (non-hydrogen) atoms. The lowest BCUT2D eigenvalue weighted by Crippen LogP contribution is -2.31. The number of carbonyl (C=O) groups excluding carboxylic acids is 2. The van der Waals surface area contributed by atoms with Crippen LogP contribution in [0.25, 0.3) is 0 Å². The Kier molecular flexibility index (Phi) is 6.91. The summed E-state index contributed by atoms with van der Waals surface area (Å²) in [6.07, 6.45) is 1.81. The summed E-state index contributed by atoms with van der Waals surface area (Å²) in [6.45, 7) is 0.382. The summed E-state index contributed by atoms with van der Waals surface area (Å²) in [5.74, 6) is -1.04. The van der Waals surface area contributed by atoms with E-state index in [1.54, 1.807) is 17.0 Å². The van der Waals surface area contributed by atoms with Gasteiger partial charge in [-0.2, -0.15) is 0 Å². The lowest BCUT2D eigenvalue weighted by Gasteiger charge is -2.27. The molecule has 1 saturated carbocycles. The minimum absolute atomic E-state index is 0.00237. The van der Waals surface area contributed by atoms with E-state index in [4.69, 9.17) is 0 Å². The first-order valence-electron chi connectivity index (χ1n) is 11.2. The molecular formula is C27H27F2N3O2. The smallest absolute Gasteiger partial charge is 0.254 e. The molecule has 0 aliphatic heterocycles. The van der Waals surface area contributed by atoms with Crippen molar-refractivity contribution in [3.8, 4) is 0 Å². The second-order valence-corrected chi connectivity index (χ2v) is 8.80. The van der Waals surface area contributed by atoms with Gasteiger partial charge in [-0.15, -0.1) is 0 Å². The molecule has 1 aliphatic rings. The second-order valence-electron chi connectivity index (χ2n) is 8.80. The normalized spacial score (nSPS) is 12.8. The minimum Gasteiger partial charge on any atom is -0.377 e. The summed E-state index contributed by atoms with van der Waals surface area (Å²) in [6, 6.07) is 17.1. The van der Waals surface area contributed by atoms with Gasteiger partial charge >= 0.3 is 0 Å². The quantitative estimate of drug-likeness (QED) is 0.498. The highest BCUT2D eigenvalue weighted by atomic mass is 19.1. The van der Waals surface area contributed by atoms with E-state index < -0.39 is 5.82 Å². The molecule has 0 heterocycles. The summed E-state index contributed by atoms with van der Waals surface area (Å²) >= 11 is 0. The van der Waals surface area contributed by atoms with Crippen molar-refractivity contribution in [1.82, 2.24) is 4.90 Å². The van der Waals surface area contributed by atoms with Crippen molar-refractivity contribution in [2.75, 3.05) is 24.3 Å². The van der Waals surface area contributed by atoms with E-state index in [9.17, 15) is 18.4 Å². The molecule has 0 bridgehead atoms. The van der Waals surface area contributed by atoms with Crippen LogP contribution >= 0.6 is 0 Å². The molecule has 0 saturated heterocycles. The maximum Gasteiger partial charge on any atom is 0.254 e. The molecule has 2 amide bonds. The first-order valence-corrected chi connectivity index (χ1v) is 11.2. The van der Waals surface area contributed by atoms with Crippen molar-refractivity contribution in [3.63, 3.8) is 0 Å². The second kappa shape index (κ2) is 10.0. The van der Waals surface area contributed by atoms with Gasteiger partial charge in [-0.1, -0.05) is 12.1 Å². The fraction of sp³-hybridized carbons (Fsp3) is 0.259. The Morgan fingerprint density at radius 3 is 2.29 bits per heavy atom. The summed E-state index contributed by atoms with van der Waals surface area (Å²) < 4.78 is 27.3. The Bertz CT molecular complexity index is 1190. The molecule has 5 nitrogen and oxygen atoms in total. The Balaban J connectivity index is 1.66. The third-order valence-electron chi connectivity index (χ3n) is 5.78. The van der Waals surface area contributed by atoms with Crippen molar-refractivity contribution in [2.24, 2.45) is 5.92 Å². The topological polar surface area (TPSA) is 52.7 Å². The number of benzene rings is 3. The Morgan fingerprint density at radius 2 is 1.65 bits per heavy atom. The fourth-order valence-electron chi connectivity index (χ4n) is 3.85. The van der Waals surface area contributed by atoms with Crippen LogP contribution < -0.4 is 10.2 Å². The first-order chi connectivity index (χ1) is 16.3. The summed E-state index contributed by atoms with van der Waals surface area (Å²) in [5, 5.41) is 2.96. The Labute approximate surface area is 198 Å². The summed E-state index contributed by atoms with van der Waals surface area (Å²) in [7, 11) is 3.81. The first kappa shape index (κ1) is 23.4. The molecule has 7 heteroatoms. The number of carbonyl (C=O) groups is 2. The number of nitrogens with one attached hydrogen (secondary N) is 1. The fourth-order valence-corrected chi connectivity index (χ4v) is 3.85. The van der Waals surface area contributed by atoms with Crippen LogP contribution in [0.1, 0.15) is 34.3 Å². The maximum absolute atomic E-state index is 13.8. The predicted molar refractivity (Wildman–Crippen MR) is 129 cm³/mol. The SMILES string of the molecule is CN(C)c1ccc(NC(=O)C2CC2)cc1CN(Cc1cccc(F)c1)C(=O)c1ccc(F)cc1. The number of hydrogen-bond acceptors (Lipinski definition) is 3. The average Bonchev–Trinajstić information content (AvgIpc) is 3.64.